The Morgan fingerprint density at radius 1 is 1.23 bits per heavy atom. The van der Waals surface area contributed by atoms with E-state index in [1.807, 2.05) is 0 Å². The number of aliphatic hydroxyl groups excluding tert-OH is 1. The summed E-state index contributed by atoms with van der Waals surface area (Å²) in [6.45, 7) is 7.25. The maximum atomic E-state index is 10.4. The van der Waals surface area contributed by atoms with E-state index < -0.39 is 6.29 Å². The Bertz CT molecular complexity index is 496. The third kappa shape index (κ3) is 3.09. The first kappa shape index (κ1) is 16.0. The van der Waals surface area contributed by atoms with Gasteiger partial charge in [-0.1, -0.05) is 29.4 Å². The van der Waals surface area contributed by atoms with E-state index in [1.54, 1.807) is 0 Å². The van der Waals surface area contributed by atoms with Crippen molar-refractivity contribution in [2.45, 2.75) is 59.2 Å². The molecule has 0 amide bonds. The van der Waals surface area contributed by atoms with Crippen LogP contribution in [0.15, 0.2) is 34.9 Å². The van der Waals surface area contributed by atoms with Crippen LogP contribution >= 0.6 is 0 Å². The number of allylic oxidation sites excluding steroid dienone is 5. The first-order valence-electron chi connectivity index (χ1n) is 8.86. The lowest BCUT2D eigenvalue weighted by Gasteiger charge is -2.31. The summed E-state index contributed by atoms with van der Waals surface area (Å²) < 4.78 is 5.56. The van der Waals surface area contributed by atoms with Gasteiger partial charge in [0.15, 0.2) is 6.29 Å². The fourth-order valence-electron chi connectivity index (χ4n) is 4.83. The standard InChI is InChI=1S/C20H30O2/c1-13(2)6-4-7-14(3)17-11-10-15-8-5-9-16-12-22-20(21)19(16)18(15)17/h6-7,9,15,17-21H,4-5,8,10-12H2,1-3H3/b14-7-/t15?,17-,18-,19?,20-/m1/s1. The zero-order valence-electron chi connectivity index (χ0n) is 14.2. The van der Waals surface area contributed by atoms with Gasteiger partial charge in [-0.15, -0.1) is 0 Å². The van der Waals surface area contributed by atoms with Crippen molar-refractivity contribution in [1.82, 2.24) is 0 Å². The van der Waals surface area contributed by atoms with Crippen LogP contribution in [0.1, 0.15) is 52.9 Å². The van der Waals surface area contributed by atoms with Crippen LogP contribution in [0.3, 0.4) is 0 Å². The van der Waals surface area contributed by atoms with Gasteiger partial charge in [-0.05, 0) is 76.2 Å². The summed E-state index contributed by atoms with van der Waals surface area (Å²) in [6.07, 6.45) is 12.5. The number of hydrogen-bond acceptors (Lipinski definition) is 2. The molecular formula is C20H30O2. The van der Waals surface area contributed by atoms with Gasteiger partial charge in [0, 0.05) is 5.92 Å². The predicted molar refractivity (Wildman–Crippen MR) is 90.3 cm³/mol. The van der Waals surface area contributed by atoms with Gasteiger partial charge in [0.2, 0.25) is 0 Å². The number of ether oxygens (including phenoxy) is 1. The van der Waals surface area contributed by atoms with Crippen molar-refractivity contribution in [2.24, 2.45) is 23.7 Å². The summed E-state index contributed by atoms with van der Waals surface area (Å²) in [5.41, 5.74) is 4.27. The van der Waals surface area contributed by atoms with Crippen LogP contribution in [0.5, 0.6) is 0 Å². The molecule has 2 aliphatic carbocycles. The first-order valence-corrected chi connectivity index (χ1v) is 8.86. The third-order valence-electron chi connectivity index (χ3n) is 5.92. The van der Waals surface area contributed by atoms with E-state index in [2.05, 4.69) is 39.0 Å². The lowest BCUT2D eigenvalue weighted by Crippen LogP contribution is -2.31. The first-order chi connectivity index (χ1) is 10.6. The van der Waals surface area contributed by atoms with Crippen molar-refractivity contribution >= 4 is 0 Å². The van der Waals surface area contributed by atoms with Crippen molar-refractivity contribution in [3.63, 3.8) is 0 Å². The summed E-state index contributed by atoms with van der Waals surface area (Å²) in [4.78, 5) is 0. The smallest absolute Gasteiger partial charge is 0.161 e. The highest BCUT2D eigenvalue weighted by atomic mass is 16.6. The van der Waals surface area contributed by atoms with E-state index >= 15 is 0 Å². The molecule has 122 valence electrons. The molecule has 0 spiro atoms. The maximum Gasteiger partial charge on any atom is 0.161 e. The SMILES string of the molecule is CC(C)=CC/C=C(/C)[C@H]1CCC2CCC=C3CO[C@@H](O)C3[C@H]21. The number of rotatable bonds is 3. The lowest BCUT2D eigenvalue weighted by molar-refractivity contribution is -0.0981. The average molecular weight is 302 g/mol. The summed E-state index contributed by atoms with van der Waals surface area (Å²) in [7, 11) is 0. The van der Waals surface area contributed by atoms with Crippen LogP contribution < -0.4 is 0 Å². The fourth-order valence-corrected chi connectivity index (χ4v) is 4.83. The number of hydrogen-bond donors (Lipinski definition) is 1. The Kier molecular flexibility index (Phi) is 4.89. The monoisotopic (exact) mass is 302 g/mol. The minimum absolute atomic E-state index is 0.242. The van der Waals surface area contributed by atoms with Crippen LogP contribution in [0, 0.1) is 23.7 Å². The molecule has 0 aromatic carbocycles. The number of aliphatic hydroxyl groups is 1. The Morgan fingerprint density at radius 3 is 2.82 bits per heavy atom. The van der Waals surface area contributed by atoms with E-state index in [4.69, 9.17) is 4.74 Å². The van der Waals surface area contributed by atoms with Crippen LogP contribution in [0.4, 0.5) is 0 Å². The summed E-state index contributed by atoms with van der Waals surface area (Å²) in [5.74, 6) is 2.20. The molecule has 1 N–H and O–H groups in total. The van der Waals surface area contributed by atoms with Crippen LogP contribution in [-0.2, 0) is 4.74 Å². The molecular weight excluding hydrogens is 272 g/mol. The maximum absolute atomic E-state index is 10.4. The third-order valence-corrected chi connectivity index (χ3v) is 5.92. The Balaban J connectivity index is 1.81. The van der Waals surface area contributed by atoms with Crippen LogP contribution in [0.25, 0.3) is 0 Å². The van der Waals surface area contributed by atoms with Gasteiger partial charge in [-0.2, -0.15) is 0 Å². The highest BCUT2D eigenvalue weighted by Crippen LogP contribution is 2.52. The molecule has 22 heavy (non-hydrogen) atoms. The molecule has 2 heteroatoms. The van der Waals surface area contributed by atoms with Gasteiger partial charge < -0.3 is 9.84 Å². The molecule has 3 aliphatic rings. The predicted octanol–water partition coefficient (Wildman–Crippen LogP) is 4.62. The molecule has 0 bridgehead atoms. The lowest BCUT2D eigenvalue weighted by atomic mass is 9.74. The molecule has 1 aliphatic heterocycles. The highest BCUT2D eigenvalue weighted by Gasteiger charge is 2.48. The molecule has 2 fully saturated rings. The molecule has 5 atom stereocenters. The molecule has 1 heterocycles. The topological polar surface area (TPSA) is 29.5 Å². The molecule has 1 saturated carbocycles. The normalized spacial score (nSPS) is 38.1. The van der Waals surface area contributed by atoms with Crippen molar-refractivity contribution in [2.75, 3.05) is 6.61 Å². The molecule has 2 unspecified atom stereocenters. The van der Waals surface area contributed by atoms with Crippen molar-refractivity contribution < 1.29 is 9.84 Å². The van der Waals surface area contributed by atoms with Gasteiger partial charge >= 0.3 is 0 Å². The van der Waals surface area contributed by atoms with Gasteiger partial charge in [0.05, 0.1) is 6.61 Å². The van der Waals surface area contributed by atoms with E-state index in [0.29, 0.717) is 18.4 Å². The van der Waals surface area contributed by atoms with Crippen molar-refractivity contribution in [1.29, 1.82) is 0 Å². The van der Waals surface area contributed by atoms with E-state index in [-0.39, 0.29) is 5.92 Å². The van der Waals surface area contributed by atoms with Crippen LogP contribution in [0.2, 0.25) is 0 Å². The van der Waals surface area contributed by atoms with Crippen molar-refractivity contribution in [3.8, 4) is 0 Å². The molecule has 3 rings (SSSR count). The average Bonchev–Trinajstić information content (AvgIpc) is 2.97. The Labute approximate surface area is 134 Å². The van der Waals surface area contributed by atoms with Gasteiger partial charge in [0.1, 0.15) is 0 Å². The molecule has 2 nitrogen and oxygen atoms in total. The Hall–Kier alpha value is -0.860. The Morgan fingerprint density at radius 2 is 2.05 bits per heavy atom. The summed E-state index contributed by atoms with van der Waals surface area (Å²) in [5, 5.41) is 10.4. The summed E-state index contributed by atoms with van der Waals surface area (Å²) in [6, 6.07) is 0. The minimum Gasteiger partial charge on any atom is -0.367 e. The summed E-state index contributed by atoms with van der Waals surface area (Å²) >= 11 is 0. The zero-order chi connectivity index (χ0) is 15.7. The molecule has 0 aromatic rings. The second kappa shape index (κ2) is 6.72. The second-order valence-corrected chi connectivity index (χ2v) is 7.57. The van der Waals surface area contributed by atoms with Crippen LogP contribution in [-0.4, -0.2) is 18.0 Å². The fraction of sp³-hybridized carbons (Fsp3) is 0.700. The molecule has 1 saturated heterocycles. The molecule has 0 radical (unpaired) electrons. The van der Waals surface area contributed by atoms with Gasteiger partial charge in [0.25, 0.3) is 0 Å². The zero-order valence-corrected chi connectivity index (χ0v) is 14.2. The largest absolute Gasteiger partial charge is 0.367 e. The van der Waals surface area contributed by atoms with Gasteiger partial charge in [-0.25, -0.2) is 0 Å². The van der Waals surface area contributed by atoms with E-state index in [1.165, 1.54) is 36.0 Å². The van der Waals surface area contributed by atoms with Crippen molar-refractivity contribution in [3.05, 3.63) is 34.9 Å². The quantitative estimate of drug-likeness (QED) is 0.771. The van der Waals surface area contributed by atoms with E-state index in [0.717, 1.165) is 18.8 Å². The second-order valence-electron chi connectivity index (χ2n) is 7.57. The molecule has 0 aromatic heterocycles. The number of fused-ring (bicyclic) bond motifs is 3. The minimum atomic E-state index is -0.581. The van der Waals surface area contributed by atoms with E-state index in [9.17, 15) is 5.11 Å². The highest BCUT2D eigenvalue weighted by molar-refractivity contribution is 5.21. The van der Waals surface area contributed by atoms with Gasteiger partial charge in [-0.3, -0.25) is 0 Å².